The Balaban J connectivity index is 2.09. The normalized spacial score (nSPS) is 10.3. The summed E-state index contributed by atoms with van der Waals surface area (Å²) in [6.45, 7) is 3.72. The van der Waals surface area contributed by atoms with Gasteiger partial charge in [-0.15, -0.1) is 0 Å². The predicted octanol–water partition coefficient (Wildman–Crippen LogP) is 4.16. The van der Waals surface area contributed by atoms with Crippen LogP contribution in [0.15, 0.2) is 42.5 Å². The SMILES string of the molecule is CC(C)Oc1ccccc1C(=O)NC(=S)Nc1ccc([N+](=O)[O-])cc1Cl. The van der Waals surface area contributed by atoms with Gasteiger partial charge in [0.05, 0.1) is 27.3 Å². The maximum atomic E-state index is 12.4. The van der Waals surface area contributed by atoms with Gasteiger partial charge >= 0.3 is 0 Å². The van der Waals surface area contributed by atoms with Crippen LogP contribution >= 0.6 is 23.8 Å². The van der Waals surface area contributed by atoms with Crippen LogP contribution in [0.4, 0.5) is 11.4 Å². The van der Waals surface area contributed by atoms with E-state index in [9.17, 15) is 14.9 Å². The van der Waals surface area contributed by atoms with Crippen LogP contribution in [0.25, 0.3) is 0 Å². The molecule has 1 amide bonds. The molecule has 2 N–H and O–H groups in total. The van der Waals surface area contributed by atoms with Crippen LogP contribution in [0.5, 0.6) is 5.75 Å². The summed E-state index contributed by atoms with van der Waals surface area (Å²) in [6.07, 6.45) is -0.0899. The lowest BCUT2D eigenvalue weighted by molar-refractivity contribution is -0.384. The standard InChI is InChI=1S/C17H16ClN3O4S/c1-10(2)25-15-6-4-3-5-12(15)16(22)20-17(26)19-14-8-7-11(21(23)24)9-13(14)18/h3-10H,1-2H3,(H2,19,20,22,26). The number of benzene rings is 2. The van der Waals surface area contributed by atoms with Crippen molar-refractivity contribution in [1.82, 2.24) is 5.32 Å². The number of nitro benzene ring substituents is 1. The lowest BCUT2D eigenvalue weighted by Crippen LogP contribution is -2.34. The fourth-order valence-corrected chi connectivity index (χ4v) is 2.48. The third kappa shape index (κ3) is 5.14. The molecule has 0 saturated heterocycles. The fourth-order valence-electron chi connectivity index (χ4n) is 2.05. The quantitative estimate of drug-likeness (QED) is 0.450. The first kappa shape index (κ1) is 19.6. The molecule has 0 atom stereocenters. The summed E-state index contributed by atoms with van der Waals surface area (Å²) in [4.78, 5) is 22.6. The van der Waals surface area contributed by atoms with Crippen molar-refractivity contribution >= 4 is 46.2 Å². The van der Waals surface area contributed by atoms with Crippen LogP contribution < -0.4 is 15.4 Å². The zero-order valence-electron chi connectivity index (χ0n) is 14.0. The van der Waals surface area contributed by atoms with E-state index in [2.05, 4.69) is 10.6 Å². The summed E-state index contributed by atoms with van der Waals surface area (Å²) in [5.74, 6) is -0.00653. The second kappa shape index (κ2) is 8.59. The number of rotatable bonds is 5. The van der Waals surface area contributed by atoms with Crippen LogP contribution in [0, 0.1) is 10.1 Å². The highest BCUT2D eigenvalue weighted by Crippen LogP contribution is 2.26. The highest BCUT2D eigenvalue weighted by atomic mass is 35.5. The number of anilines is 1. The van der Waals surface area contributed by atoms with Gasteiger partial charge in [-0.2, -0.15) is 0 Å². The lowest BCUT2D eigenvalue weighted by atomic mass is 10.2. The molecule has 2 aromatic rings. The van der Waals surface area contributed by atoms with E-state index in [1.807, 2.05) is 13.8 Å². The van der Waals surface area contributed by atoms with Gasteiger partial charge in [0.1, 0.15) is 5.75 Å². The molecule has 0 saturated carbocycles. The fraction of sp³-hybridized carbons (Fsp3) is 0.176. The van der Waals surface area contributed by atoms with Crippen molar-refractivity contribution in [3.8, 4) is 5.75 Å². The largest absolute Gasteiger partial charge is 0.490 e. The minimum absolute atomic E-state index is 0.00473. The Hall–Kier alpha value is -2.71. The van der Waals surface area contributed by atoms with Crippen LogP contribution in [-0.2, 0) is 0 Å². The van der Waals surface area contributed by atoms with E-state index in [1.54, 1.807) is 24.3 Å². The zero-order valence-corrected chi connectivity index (χ0v) is 15.6. The Morgan fingerprint density at radius 3 is 2.58 bits per heavy atom. The Morgan fingerprint density at radius 1 is 1.27 bits per heavy atom. The number of nitrogens with zero attached hydrogens (tertiary/aromatic N) is 1. The number of nitro groups is 1. The summed E-state index contributed by atoms with van der Waals surface area (Å²) in [5.41, 5.74) is 0.532. The molecule has 0 aliphatic carbocycles. The van der Waals surface area contributed by atoms with Gasteiger partial charge in [-0.25, -0.2) is 0 Å². The number of nitrogens with one attached hydrogen (secondary N) is 2. The predicted molar refractivity (Wildman–Crippen MR) is 104 cm³/mol. The molecule has 2 aromatic carbocycles. The van der Waals surface area contributed by atoms with Gasteiger partial charge in [-0.05, 0) is 44.3 Å². The molecule has 0 fully saturated rings. The zero-order chi connectivity index (χ0) is 19.3. The van der Waals surface area contributed by atoms with Crippen molar-refractivity contribution in [3.63, 3.8) is 0 Å². The van der Waals surface area contributed by atoms with E-state index >= 15 is 0 Å². The van der Waals surface area contributed by atoms with Gasteiger partial charge < -0.3 is 10.1 Å². The second-order valence-electron chi connectivity index (χ2n) is 5.49. The maximum absolute atomic E-state index is 12.4. The van der Waals surface area contributed by atoms with Crippen molar-refractivity contribution in [1.29, 1.82) is 0 Å². The van der Waals surface area contributed by atoms with Crippen LogP contribution in [0.2, 0.25) is 5.02 Å². The summed E-state index contributed by atoms with van der Waals surface area (Å²) < 4.78 is 5.61. The number of thiocarbonyl (C=S) groups is 1. The molecule has 0 spiro atoms. The van der Waals surface area contributed by atoms with Gasteiger partial charge in [-0.3, -0.25) is 20.2 Å². The number of amides is 1. The number of halogens is 1. The van der Waals surface area contributed by atoms with Gasteiger partial charge in [0, 0.05) is 12.1 Å². The molecule has 2 rings (SSSR count). The minimum Gasteiger partial charge on any atom is -0.490 e. The highest BCUT2D eigenvalue weighted by Gasteiger charge is 2.15. The van der Waals surface area contributed by atoms with Crippen LogP contribution in [0.1, 0.15) is 24.2 Å². The Bertz CT molecular complexity index is 858. The first-order valence-electron chi connectivity index (χ1n) is 7.60. The number of hydrogen-bond acceptors (Lipinski definition) is 5. The summed E-state index contributed by atoms with van der Waals surface area (Å²) in [7, 11) is 0. The molecule has 0 unspecified atom stereocenters. The molecule has 136 valence electrons. The summed E-state index contributed by atoms with van der Waals surface area (Å²) in [6, 6.07) is 10.7. The third-order valence-corrected chi connectivity index (χ3v) is 3.65. The van der Waals surface area contributed by atoms with E-state index in [4.69, 9.17) is 28.6 Å². The summed E-state index contributed by atoms with van der Waals surface area (Å²) >= 11 is 11.1. The van der Waals surface area contributed by atoms with Crippen LogP contribution in [-0.4, -0.2) is 22.0 Å². The van der Waals surface area contributed by atoms with Crippen molar-refractivity contribution in [2.45, 2.75) is 20.0 Å². The van der Waals surface area contributed by atoms with Gasteiger partial charge in [-0.1, -0.05) is 23.7 Å². The first-order valence-corrected chi connectivity index (χ1v) is 8.38. The van der Waals surface area contributed by atoms with Gasteiger partial charge in [0.15, 0.2) is 5.11 Å². The maximum Gasteiger partial charge on any atom is 0.271 e. The van der Waals surface area contributed by atoms with Crippen molar-refractivity contribution < 1.29 is 14.5 Å². The summed E-state index contributed by atoms with van der Waals surface area (Å²) in [5, 5.41) is 16.1. The van der Waals surface area contributed by atoms with Crippen LogP contribution in [0.3, 0.4) is 0 Å². The Morgan fingerprint density at radius 2 is 1.96 bits per heavy atom. The molecule has 26 heavy (non-hydrogen) atoms. The van der Waals surface area contributed by atoms with Gasteiger partial charge in [0.2, 0.25) is 0 Å². The Kier molecular flexibility index (Phi) is 6.48. The monoisotopic (exact) mass is 393 g/mol. The Labute approximate surface area is 160 Å². The van der Waals surface area contributed by atoms with E-state index in [0.29, 0.717) is 17.0 Å². The third-order valence-electron chi connectivity index (χ3n) is 3.13. The van der Waals surface area contributed by atoms with Crippen molar-refractivity contribution in [2.24, 2.45) is 0 Å². The highest BCUT2D eigenvalue weighted by molar-refractivity contribution is 7.80. The number of ether oxygens (including phenoxy) is 1. The molecule has 0 aliphatic rings. The lowest BCUT2D eigenvalue weighted by Gasteiger charge is -2.15. The van der Waals surface area contributed by atoms with Gasteiger partial charge in [0.25, 0.3) is 11.6 Å². The van der Waals surface area contributed by atoms with Crippen molar-refractivity contribution in [3.05, 3.63) is 63.2 Å². The number of hydrogen-bond donors (Lipinski definition) is 2. The average molecular weight is 394 g/mol. The van der Waals surface area contributed by atoms with Crippen molar-refractivity contribution in [2.75, 3.05) is 5.32 Å². The molecule has 7 nitrogen and oxygen atoms in total. The van der Waals surface area contributed by atoms with E-state index < -0.39 is 10.8 Å². The second-order valence-corrected chi connectivity index (χ2v) is 6.31. The molecule has 0 aliphatic heterocycles. The average Bonchev–Trinajstić information content (AvgIpc) is 2.56. The topological polar surface area (TPSA) is 93.5 Å². The number of para-hydroxylation sites is 1. The number of carbonyl (C=O) groups excluding carboxylic acids is 1. The van der Waals surface area contributed by atoms with E-state index in [1.165, 1.54) is 18.2 Å². The number of non-ortho nitro benzene ring substituents is 1. The molecular formula is C17H16ClN3O4S. The molecule has 0 bridgehead atoms. The molecule has 0 heterocycles. The number of carbonyl (C=O) groups is 1. The van der Waals surface area contributed by atoms with E-state index in [0.717, 1.165) is 0 Å². The molecule has 0 aromatic heterocycles. The molecule has 0 radical (unpaired) electrons. The minimum atomic E-state index is -0.554. The van der Waals surface area contributed by atoms with E-state index in [-0.39, 0.29) is 21.9 Å². The smallest absolute Gasteiger partial charge is 0.271 e. The molecule has 9 heteroatoms. The molecular weight excluding hydrogens is 378 g/mol. The first-order chi connectivity index (χ1) is 12.3.